The van der Waals surface area contributed by atoms with Gasteiger partial charge < -0.3 is 4.90 Å². The molecule has 0 aromatic carbocycles. The van der Waals surface area contributed by atoms with Crippen LogP contribution < -0.4 is 0 Å². The molecule has 0 N–H and O–H groups in total. The standard InChI is InChI=1S/C13H26N2O/c1-5-6-14-7-9-15(10-8-14)11-12(16)13(2,3)4/h5-11H2,1-4H3. The zero-order valence-corrected chi connectivity index (χ0v) is 11.3. The van der Waals surface area contributed by atoms with Crippen LogP contribution in [0.3, 0.4) is 0 Å². The van der Waals surface area contributed by atoms with Gasteiger partial charge in [0.05, 0.1) is 6.54 Å². The van der Waals surface area contributed by atoms with E-state index in [-0.39, 0.29) is 5.41 Å². The van der Waals surface area contributed by atoms with E-state index in [0.717, 1.165) is 26.2 Å². The minimum Gasteiger partial charge on any atom is -0.301 e. The Balaban J connectivity index is 2.30. The molecule has 3 heteroatoms. The first-order chi connectivity index (χ1) is 7.43. The molecule has 0 atom stereocenters. The quantitative estimate of drug-likeness (QED) is 0.728. The molecular formula is C13H26N2O. The van der Waals surface area contributed by atoms with E-state index in [2.05, 4.69) is 16.7 Å². The largest absolute Gasteiger partial charge is 0.301 e. The van der Waals surface area contributed by atoms with Gasteiger partial charge in [-0.15, -0.1) is 0 Å². The van der Waals surface area contributed by atoms with Crippen molar-refractivity contribution < 1.29 is 4.79 Å². The van der Waals surface area contributed by atoms with E-state index < -0.39 is 0 Å². The fraction of sp³-hybridized carbons (Fsp3) is 0.923. The van der Waals surface area contributed by atoms with Crippen LogP contribution in [0.4, 0.5) is 0 Å². The van der Waals surface area contributed by atoms with Gasteiger partial charge in [-0.05, 0) is 13.0 Å². The van der Waals surface area contributed by atoms with E-state index in [1.807, 2.05) is 20.8 Å². The molecule has 0 saturated carbocycles. The first-order valence-corrected chi connectivity index (χ1v) is 6.41. The zero-order valence-electron chi connectivity index (χ0n) is 11.3. The van der Waals surface area contributed by atoms with Gasteiger partial charge >= 0.3 is 0 Å². The third kappa shape index (κ3) is 4.22. The zero-order chi connectivity index (χ0) is 12.2. The lowest BCUT2D eigenvalue weighted by Gasteiger charge is -2.35. The topological polar surface area (TPSA) is 23.6 Å². The van der Waals surface area contributed by atoms with Crippen LogP contribution in [0.15, 0.2) is 0 Å². The molecule has 0 aromatic heterocycles. The molecule has 1 aliphatic heterocycles. The van der Waals surface area contributed by atoms with Crippen LogP contribution in [-0.4, -0.2) is 54.9 Å². The summed E-state index contributed by atoms with van der Waals surface area (Å²) in [7, 11) is 0. The van der Waals surface area contributed by atoms with E-state index in [4.69, 9.17) is 0 Å². The molecule has 0 amide bonds. The number of rotatable bonds is 4. The molecule has 3 nitrogen and oxygen atoms in total. The van der Waals surface area contributed by atoms with E-state index in [9.17, 15) is 4.79 Å². The lowest BCUT2D eigenvalue weighted by Crippen LogP contribution is -2.49. The molecule has 16 heavy (non-hydrogen) atoms. The van der Waals surface area contributed by atoms with Gasteiger partial charge in [-0.1, -0.05) is 27.7 Å². The molecule has 1 rings (SSSR count). The number of carbonyl (C=O) groups is 1. The molecule has 0 spiro atoms. The monoisotopic (exact) mass is 226 g/mol. The second kappa shape index (κ2) is 5.78. The Morgan fingerprint density at radius 3 is 2.00 bits per heavy atom. The molecular weight excluding hydrogens is 200 g/mol. The van der Waals surface area contributed by atoms with Gasteiger partial charge in [0, 0.05) is 31.6 Å². The summed E-state index contributed by atoms with van der Waals surface area (Å²) in [6.07, 6.45) is 1.22. The van der Waals surface area contributed by atoms with Crippen molar-refractivity contribution in [2.75, 3.05) is 39.3 Å². The predicted octanol–water partition coefficient (Wildman–Crippen LogP) is 1.63. The maximum absolute atomic E-state index is 11.9. The van der Waals surface area contributed by atoms with Crippen molar-refractivity contribution in [2.24, 2.45) is 5.41 Å². The van der Waals surface area contributed by atoms with Gasteiger partial charge in [-0.25, -0.2) is 0 Å². The number of nitrogens with zero attached hydrogens (tertiary/aromatic N) is 2. The molecule has 1 saturated heterocycles. The molecule has 0 bridgehead atoms. The van der Waals surface area contributed by atoms with Crippen LogP contribution in [-0.2, 0) is 4.79 Å². The third-order valence-electron chi connectivity index (χ3n) is 3.21. The normalized spacial score (nSPS) is 20.0. The lowest BCUT2D eigenvalue weighted by molar-refractivity contribution is -0.127. The van der Waals surface area contributed by atoms with Crippen LogP contribution in [0.25, 0.3) is 0 Å². The minimum absolute atomic E-state index is 0.194. The van der Waals surface area contributed by atoms with Crippen LogP contribution in [0.2, 0.25) is 0 Å². The first-order valence-electron chi connectivity index (χ1n) is 6.41. The molecule has 1 heterocycles. The Labute approximate surface area is 99.8 Å². The Morgan fingerprint density at radius 2 is 1.56 bits per heavy atom. The Hall–Kier alpha value is -0.410. The Bertz CT molecular complexity index is 225. The van der Waals surface area contributed by atoms with Crippen molar-refractivity contribution in [2.45, 2.75) is 34.1 Å². The first kappa shape index (κ1) is 13.7. The summed E-state index contributed by atoms with van der Waals surface area (Å²) in [4.78, 5) is 16.7. The summed E-state index contributed by atoms with van der Waals surface area (Å²) in [6.45, 7) is 14.4. The highest BCUT2D eigenvalue weighted by molar-refractivity contribution is 5.85. The molecule has 0 radical (unpaired) electrons. The maximum Gasteiger partial charge on any atom is 0.152 e. The van der Waals surface area contributed by atoms with E-state index in [1.54, 1.807) is 0 Å². The van der Waals surface area contributed by atoms with Gasteiger partial charge in [-0.2, -0.15) is 0 Å². The van der Waals surface area contributed by atoms with E-state index in [1.165, 1.54) is 13.0 Å². The number of ketones is 1. The van der Waals surface area contributed by atoms with Gasteiger partial charge in [0.1, 0.15) is 0 Å². The van der Waals surface area contributed by atoms with Crippen LogP contribution in [0.1, 0.15) is 34.1 Å². The number of piperazine rings is 1. The second-order valence-corrected chi connectivity index (χ2v) is 5.79. The summed E-state index contributed by atoms with van der Waals surface area (Å²) in [5, 5.41) is 0. The molecule has 94 valence electrons. The highest BCUT2D eigenvalue weighted by Crippen LogP contribution is 2.15. The van der Waals surface area contributed by atoms with E-state index >= 15 is 0 Å². The smallest absolute Gasteiger partial charge is 0.152 e. The van der Waals surface area contributed by atoms with Crippen molar-refractivity contribution in [1.82, 2.24) is 9.80 Å². The Kier molecular flexibility index (Phi) is 4.93. The number of carbonyl (C=O) groups excluding carboxylic acids is 1. The summed E-state index contributed by atoms with van der Waals surface area (Å²) in [6, 6.07) is 0. The van der Waals surface area contributed by atoms with Crippen LogP contribution in [0, 0.1) is 5.41 Å². The highest BCUT2D eigenvalue weighted by Gasteiger charge is 2.25. The summed E-state index contributed by atoms with van der Waals surface area (Å²) in [5.74, 6) is 0.358. The number of hydrogen-bond donors (Lipinski definition) is 0. The Morgan fingerprint density at radius 1 is 1.06 bits per heavy atom. The second-order valence-electron chi connectivity index (χ2n) is 5.79. The summed E-state index contributed by atoms with van der Waals surface area (Å²) < 4.78 is 0. The van der Waals surface area contributed by atoms with Crippen LogP contribution >= 0.6 is 0 Å². The summed E-state index contributed by atoms with van der Waals surface area (Å²) >= 11 is 0. The molecule has 0 aliphatic carbocycles. The fourth-order valence-corrected chi connectivity index (χ4v) is 1.93. The predicted molar refractivity (Wildman–Crippen MR) is 67.6 cm³/mol. The van der Waals surface area contributed by atoms with Crippen molar-refractivity contribution in [3.05, 3.63) is 0 Å². The van der Waals surface area contributed by atoms with Crippen molar-refractivity contribution in [1.29, 1.82) is 0 Å². The minimum atomic E-state index is -0.194. The van der Waals surface area contributed by atoms with Crippen molar-refractivity contribution >= 4 is 5.78 Å². The lowest BCUT2D eigenvalue weighted by atomic mass is 9.90. The van der Waals surface area contributed by atoms with E-state index in [0.29, 0.717) is 12.3 Å². The molecule has 1 fully saturated rings. The highest BCUT2D eigenvalue weighted by atomic mass is 16.1. The van der Waals surface area contributed by atoms with Gasteiger partial charge in [0.15, 0.2) is 5.78 Å². The van der Waals surface area contributed by atoms with Gasteiger partial charge in [0.2, 0.25) is 0 Å². The average molecular weight is 226 g/mol. The molecule has 0 aromatic rings. The number of Topliss-reactive ketones (excluding diaryl/α,β-unsaturated/α-hetero) is 1. The summed E-state index contributed by atoms with van der Waals surface area (Å²) in [5.41, 5.74) is -0.194. The van der Waals surface area contributed by atoms with Crippen molar-refractivity contribution in [3.63, 3.8) is 0 Å². The average Bonchev–Trinajstić information content (AvgIpc) is 2.20. The van der Waals surface area contributed by atoms with Crippen LogP contribution in [0.5, 0.6) is 0 Å². The SMILES string of the molecule is CCCN1CCN(CC(=O)C(C)(C)C)CC1. The third-order valence-corrected chi connectivity index (χ3v) is 3.21. The van der Waals surface area contributed by atoms with Gasteiger partial charge in [-0.3, -0.25) is 9.69 Å². The molecule has 1 aliphatic rings. The van der Waals surface area contributed by atoms with Gasteiger partial charge in [0.25, 0.3) is 0 Å². The molecule has 0 unspecified atom stereocenters. The maximum atomic E-state index is 11.9. The fourth-order valence-electron chi connectivity index (χ4n) is 1.93. The number of hydrogen-bond acceptors (Lipinski definition) is 3. The van der Waals surface area contributed by atoms with Crippen molar-refractivity contribution in [3.8, 4) is 0 Å².